The molecule has 3 aromatic rings. The van der Waals surface area contributed by atoms with E-state index >= 15 is 0 Å². The van der Waals surface area contributed by atoms with Crippen molar-refractivity contribution in [2.75, 3.05) is 30.3 Å². The molecular formula is C24H26FN7O. The Morgan fingerprint density at radius 2 is 2.03 bits per heavy atom. The lowest BCUT2D eigenvalue weighted by Crippen LogP contribution is -2.60. The van der Waals surface area contributed by atoms with Gasteiger partial charge in [0.25, 0.3) is 0 Å². The van der Waals surface area contributed by atoms with Gasteiger partial charge in [0.05, 0.1) is 11.7 Å². The number of carbonyl (C=O) groups excluding carboxylic acids is 1. The fraction of sp³-hybridized carbons (Fsp3) is 0.292. The van der Waals surface area contributed by atoms with E-state index in [4.69, 9.17) is 0 Å². The van der Waals surface area contributed by atoms with Gasteiger partial charge in [0.1, 0.15) is 5.82 Å². The van der Waals surface area contributed by atoms with Crippen molar-refractivity contribution >= 4 is 34.3 Å². The molecule has 0 saturated carbocycles. The summed E-state index contributed by atoms with van der Waals surface area (Å²) in [6, 6.07) is 13.3. The number of aromatic amines is 1. The zero-order chi connectivity index (χ0) is 23.4. The topological polar surface area (TPSA) is 99.6 Å². The van der Waals surface area contributed by atoms with Gasteiger partial charge in [0.15, 0.2) is 0 Å². The van der Waals surface area contributed by atoms with Crippen molar-refractivity contribution in [2.45, 2.75) is 19.9 Å². The fourth-order valence-electron chi connectivity index (χ4n) is 4.12. The summed E-state index contributed by atoms with van der Waals surface area (Å²) in [6.07, 6.45) is 3.77. The van der Waals surface area contributed by atoms with E-state index in [9.17, 15) is 14.4 Å². The average Bonchev–Trinajstić information content (AvgIpc) is 3.28. The number of amides is 2. The summed E-state index contributed by atoms with van der Waals surface area (Å²) >= 11 is 0. The lowest BCUT2D eigenvalue weighted by atomic mass is 10.00. The Hall–Kier alpha value is -4.06. The van der Waals surface area contributed by atoms with Crippen LogP contribution in [0.3, 0.4) is 0 Å². The Balaban J connectivity index is 1.52. The molecule has 33 heavy (non-hydrogen) atoms. The van der Waals surface area contributed by atoms with Crippen molar-refractivity contribution in [2.24, 2.45) is 10.9 Å². The molecule has 1 atom stereocenters. The summed E-state index contributed by atoms with van der Waals surface area (Å²) in [5.41, 5.74) is 2.24. The summed E-state index contributed by atoms with van der Waals surface area (Å²) in [5, 5.41) is 16.4. The number of nitrogens with zero attached hydrogens (tertiary/aromatic N) is 4. The van der Waals surface area contributed by atoms with Gasteiger partial charge in [-0.25, -0.2) is 9.18 Å². The van der Waals surface area contributed by atoms with Crippen LogP contribution in [-0.2, 0) is 0 Å². The molecule has 1 unspecified atom stereocenters. The zero-order valence-corrected chi connectivity index (χ0v) is 18.5. The smallest absolute Gasteiger partial charge is 0.321 e. The molecule has 1 fully saturated rings. The molecule has 2 amide bonds. The minimum absolute atomic E-state index is 0.0676. The van der Waals surface area contributed by atoms with Crippen LogP contribution in [0, 0.1) is 23.2 Å². The number of rotatable bonds is 3. The van der Waals surface area contributed by atoms with E-state index in [2.05, 4.69) is 34.5 Å². The number of urea groups is 1. The molecule has 1 aliphatic heterocycles. The number of nitrogens with one attached hydrogen (secondary N) is 3. The molecule has 1 aliphatic rings. The van der Waals surface area contributed by atoms with Gasteiger partial charge >= 0.3 is 6.03 Å². The summed E-state index contributed by atoms with van der Waals surface area (Å²) in [6.45, 7) is 5.52. The Kier molecular flexibility index (Phi) is 6.45. The first-order valence-corrected chi connectivity index (χ1v) is 10.8. The number of halogens is 1. The fourth-order valence-corrected chi connectivity index (χ4v) is 4.12. The number of carbonyl (C=O) groups is 1. The van der Waals surface area contributed by atoms with Crippen LogP contribution in [-0.4, -0.2) is 52.5 Å². The van der Waals surface area contributed by atoms with Gasteiger partial charge in [-0.2, -0.15) is 5.26 Å². The second-order valence-corrected chi connectivity index (χ2v) is 8.30. The number of H-pyrrole nitrogens is 1. The third-order valence-electron chi connectivity index (χ3n) is 5.82. The lowest BCUT2D eigenvalue weighted by Gasteiger charge is -2.44. The lowest BCUT2D eigenvalue weighted by molar-refractivity contribution is 0.120. The van der Waals surface area contributed by atoms with Gasteiger partial charge in [-0.3, -0.25) is 0 Å². The van der Waals surface area contributed by atoms with E-state index in [0.29, 0.717) is 31.3 Å². The Labute approximate surface area is 191 Å². The maximum atomic E-state index is 13.5. The highest BCUT2D eigenvalue weighted by atomic mass is 19.1. The average molecular weight is 448 g/mol. The molecule has 0 aliphatic carbocycles. The van der Waals surface area contributed by atoms with Gasteiger partial charge in [-0.1, -0.05) is 26.0 Å². The van der Waals surface area contributed by atoms with Crippen LogP contribution in [0.25, 0.3) is 10.9 Å². The first-order valence-electron chi connectivity index (χ1n) is 10.8. The predicted molar refractivity (Wildman–Crippen MR) is 127 cm³/mol. The third kappa shape index (κ3) is 4.90. The van der Waals surface area contributed by atoms with E-state index in [1.54, 1.807) is 17.0 Å². The van der Waals surface area contributed by atoms with Crippen molar-refractivity contribution < 1.29 is 9.18 Å². The van der Waals surface area contributed by atoms with Crippen LogP contribution in [0.15, 0.2) is 59.7 Å². The number of hydrogen-bond donors (Lipinski definition) is 3. The SMILES string of the molecule is CC(C)C1CN(C(=O)Nc2cccc(F)c2)CCN1/C(=N\C#N)Nc1cccc2[nH]ccc12. The molecule has 3 N–H and O–H groups in total. The van der Waals surface area contributed by atoms with Crippen LogP contribution in [0.5, 0.6) is 0 Å². The molecule has 1 saturated heterocycles. The third-order valence-corrected chi connectivity index (χ3v) is 5.82. The number of anilines is 2. The molecule has 1 aromatic heterocycles. The maximum absolute atomic E-state index is 13.5. The first-order chi connectivity index (χ1) is 16.0. The maximum Gasteiger partial charge on any atom is 0.321 e. The van der Waals surface area contributed by atoms with E-state index < -0.39 is 5.82 Å². The number of benzene rings is 2. The van der Waals surface area contributed by atoms with E-state index in [-0.39, 0.29) is 18.0 Å². The van der Waals surface area contributed by atoms with Gasteiger partial charge in [0.2, 0.25) is 12.2 Å². The standard InChI is InChI=1S/C24H26FN7O/c1-16(2)22-14-31(24(33)29-18-6-3-5-17(25)13-18)11-12-32(22)23(28-15-26)30-21-8-4-7-20-19(21)9-10-27-20/h3-10,13,16,22,27H,11-12,14H2,1-2H3,(H,28,30)(H,29,33). The number of aromatic nitrogens is 1. The monoisotopic (exact) mass is 447 g/mol. The highest BCUT2D eigenvalue weighted by Crippen LogP contribution is 2.25. The van der Waals surface area contributed by atoms with E-state index in [1.165, 1.54) is 12.1 Å². The van der Waals surface area contributed by atoms with Crippen LogP contribution < -0.4 is 10.6 Å². The van der Waals surface area contributed by atoms with Gasteiger partial charge in [-0.15, -0.1) is 4.99 Å². The molecule has 2 heterocycles. The molecule has 8 nitrogen and oxygen atoms in total. The van der Waals surface area contributed by atoms with Gasteiger partial charge in [0, 0.05) is 42.4 Å². The molecule has 4 rings (SSSR count). The van der Waals surface area contributed by atoms with Crippen molar-refractivity contribution in [1.82, 2.24) is 14.8 Å². The highest BCUT2D eigenvalue weighted by Gasteiger charge is 2.34. The number of aliphatic imine (C=N–C) groups is 1. The summed E-state index contributed by atoms with van der Waals surface area (Å²) in [4.78, 5) is 23.8. The second kappa shape index (κ2) is 9.61. The Morgan fingerprint density at radius 3 is 2.79 bits per heavy atom. The van der Waals surface area contributed by atoms with Crippen LogP contribution in [0.4, 0.5) is 20.6 Å². The predicted octanol–water partition coefficient (Wildman–Crippen LogP) is 4.43. The molecule has 0 radical (unpaired) electrons. The van der Waals surface area contributed by atoms with Crippen LogP contribution in [0.2, 0.25) is 0 Å². The van der Waals surface area contributed by atoms with Crippen molar-refractivity contribution in [3.05, 3.63) is 60.5 Å². The Morgan fingerprint density at radius 1 is 1.21 bits per heavy atom. The molecular weight excluding hydrogens is 421 g/mol. The molecule has 0 spiro atoms. The number of nitriles is 1. The van der Waals surface area contributed by atoms with Crippen molar-refractivity contribution in [1.29, 1.82) is 5.26 Å². The number of piperazine rings is 1. The summed E-state index contributed by atoms with van der Waals surface area (Å²) in [5.74, 6) is 0.233. The van der Waals surface area contributed by atoms with Crippen LogP contribution >= 0.6 is 0 Å². The summed E-state index contributed by atoms with van der Waals surface area (Å²) in [7, 11) is 0. The zero-order valence-electron chi connectivity index (χ0n) is 18.5. The normalized spacial score (nSPS) is 16.7. The van der Waals surface area contributed by atoms with Gasteiger partial charge in [-0.05, 0) is 42.3 Å². The minimum atomic E-state index is -0.404. The Bertz CT molecular complexity index is 1210. The number of guanidine groups is 1. The molecule has 2 aromatic carbocycles. The quantitative estimate of drug-likeness (QED) is 0.314. The van der Waals surface area contributed by atoms with Crippen molar-refractivity contribution in [3.8, 4) is 6.19 Å². The minimum Gasteiger partial charge on any atom is -0.361 e. The van der Waals surface area contributed by atoms with E-state index in [0.717, 1.165) is 16.6 Å². The highest BCUT2D eigenvalue weighted by molar-refractivity contribution is 6.03. The first kappa shape index (κ1) is 22.1. The van der Waals surface area contributed by atoms with Crippen molar-refractivity contribution in [3.63, 3.8) is 0 Å². The molecule has 9 heteroatoms. The number of fused-ring (bicyclic) bond motifs is 1. The van der Waals surface area contributed by atoms with Crippen LogP contribution in [0.1, 0.15) is 13.8 Å². The summed E-state index contributed by atoms with van der Waals surface area (Å²) < 4.78 is 13.5. The molecule has 0 bridgehead atoms. The molecule has 170 valence electrons. The van der Waals surface area contributed by atoms with E-state index in [1.807, 2.05) is 41.6 Å². The van der Waals surface area contributed by atoms with Gasteiger partial charge < -0.3 is 25.4 Å². The number of hydrogen-bond acceptors (Lipinski definition) is 3. The largest absolute Gasteiger partial charge is 0.361 e. The second-order valence-electron chi connectivity index (χ2n) is 8.30.